The lowest BCUT2D eigenvalue weighted by molar-refractivity contribution is -0.116. The third-order valence-electron chi connectivity index (χ3n) is 4.60. The van der Waals surface area contributed by atoms with E-state index < -0.39 is 6.67 Å². The zero-order chi connectivity index (χ0) is 20.6. The number of aryl methyl sites for hydroxylation is 1. The highest BCUT2D eigenvalue weighted by Crippen LogP contribution is 2.25. The molecule has 3 rings (SSSR count). The molecule has 1 aromatic heterocycles. The van der Waals surface area contributed by atoms with Gasteiger partial charge in [0.05, 0.1) is 31.5 Å². The van der Waals surface area contributed by atoms with E-state index in [1.165, 1.54) is 6.08 Å². The monoisotopic (exact) mass is 393 g/mol. The number of aromatic nitrogens is 2. The predicted molar refractivity (Wildman–Crippen MR) is 112 cm³/mol. The Morgan fingerprint density at radius 2 is 2.07 bits per heavy atom. The van der Waals surface area contributed by atoms with Crippen molar-refractivity contribution in [2.45, 2.75) is 12.8 Å². The highest BCUT2D eigenvalue weighted by atomic mass is 19.1. The van der Waals surface area contributed by atoms with E-state index in [0.717, 1.165) is 22.5 Å². The van der Waals surface area contributed by atoms with E-state index in [9.17, 15) is 9.18 Å². The molecule has 29 heavy (non-hydrogen) atoms. The van der Waals surface area contributed by atoms with Crippen LogP contribution in [0.3, 0.4) is 0 Å². The molecular weight excluding hydrogens is 369 g/mol. The quantitative estimate of drug-likeness (QED) is 0.587. The van der Waals surface area contributed by atoms with Crippen LogP contribution in [-0.2, 0) is 4.79 Å². The van der Waals surface area contributed by atoms with Gasteiger partial charge >= 0.3 is 0 Å². The molecule has 1 heterocycles. The molecule has 3 aromatic rings. The van der Waals surface area contributed by atoms with Crippen LogP contribution < -0.4 is 10.1 Å². The molecule has 1 amide bonds. The number of hydrogen-bond acceptors (Lipinski definition) is 3. The molecule has 0 aliphatic heterocycles. The summed E-state index contributed by atoms with van der Waals surface area (Å²) in [6.45, 7) is 1.64. The fourth-order valence-electron chi connectivity index (χ4n) is 3.01. The van der Waals surface area contributed by atoms with Gasteiger partial charge in [0.2, 0.25) is 5.91 Å². The average molecular weight is 393 g/mol. The van der Waals surface area contributed by atoms with Gasteiger partial charge in [-0.3, -0.25) is 9.18 Å². The Kier molecular flexibility index (Phi) is 6.79. The second-order valence-electron chi connectivity index (χ2n) is 6.69. The molecule has 1 N–H and O–H groups in total. The van der Waals surface area contributed by atoms with Crippen molar-refractivity contribution in [1.82, 2.24) is 14.9 Å². The molecular formula is C23H24FN3O2. The number of carbonyl (C=O) groups excluding carboxylic acids is 1. The number of rotatable bonds is 8. The topological polar surface area (TPSA) is 56.1 Å². The van der Waals surface area contributed by atoms with Crippen LogP contribution >= 0.6 is 0 Å². The third-order valence-corrected chi connectivity index (χ3v) is 4.60. The Hall–Kier alpha value is -3.41. The largest absolute Gasteiger partial charge is 0.495 e. The molecule has 1 atom stereocenters. The summed E-state index contributed by atoms with van der Waals surface area (Å²) in [5.41, 5.74) is 3.47. The number of ether oxygens (including phenoxy) is 1. The van der Waals surface area contributed by atoms with Crippen molar-refractivity contribution in [2.24, 2.45) is 0 Å². The van der Waals surface area contributed by atoms with Crippen LogP contribution in [0.5, 0.6) is 5.75 Å². The number of benzene rings is 2. The summed E-state index contributed by atoms with van der Waals surface area (Å²) < 4.78 is 20.7. The normalized spacial score (nSPS) is 12.1. The number of imidazole rings is 1. The van der Waals surface area contributed by atoms with E-state index in [0.29, 0.717) is 5.75 Å². The molecule has 150 valence electrons. The fraction of sp³-hybridized carbons (Fsp3) is 0.217. The maximum atomic E-state index is 13.3. The summed E-state index contributed by atoms with van der Waals surface area (Å²) >= 11 is 0. The second kappa shape index (κ2) is 9.68. The van der Waals surface area contributed by atoms with Crippen molar-refractivity contribution >= 4 is 12.0 Å². The molecule has 0 aliphatic carbocycles. The number of carbonyl (C=O) groups is 1. The molecule has 2 aromatic carbocycles. The van der Waals surface area contributed by atoms with Gasteiger partial charge in [-0.05, 0) is 36.3 Å². The summed E-state index contributed by atoms with van der Waals surface area (Å²) in [6.07, 6.45) is 6.78. The van der Waals surface area contributed by atoms with E-state index in [1.807, 2.05) is 66.2 Å². The second-order valence-corrected chi connectivity index (χ2v) is 6.69. The van der Waals surface area contributed by atoms with Crippen LogP contribution in [0.15, 0.2) is 67.1 Å². The zero-order valence-corrected chi connectivity index (χ0v) is 16.5. The van der Waals surface area contributed by atoms with Gasteiger partial charge < -0.3 is 14.6 Å². The number of nitrogens with one attached hydrogen (secondary N) is 1. The van der Waals surface area contributed by atoms with Crippen LogP contribution in [0.2, 0.25) is 0 Å². The Bertz CT molecular complexity index is 983. The number of alkyl halides is 1. The molecule has 0 saturated heterocycles. The number of hydrogen-bond donors (Lipinski definition) is 1. The van der Waals surface area contributed by atoms with Crippen LogP contribution in [-0.4, -0.2) is 35.8 Å². The highest BCUT2D eigenvalue weighted by molar-refractivity contribution is 5.91. The lowest BCUT2D eigenvalue weighted by Gasteiger charge is -2.13. The fourth-order valence-corrected chi connectivity index (χ4v) is 3.01. The van der Waals surface area contributed by atoms with E-state index in [4.69, 9.17) is 4.74 Å². The molecule has 5 nitrogen and oxygen atoms in total. The molecule has 0 radical (unpaired) electrons. The van der Waals surface area contributed by atoms with Gasteiger partial charge in [-0.15, -0.1) is 0 Å². The first kappa shape index (κ1) is 20.3. The molecule has 0 saturated carbocycles. The van der Waals surface area contributed by atoms with Crippen LogP contribution in [0, 0.1) is 6.92 Å². The Labute approximate surface area is 169 Å². The highest BCUT2D eigenvalue weighted by Gasteiger charge is 2.12. The van der Waals surface area contributed by atoms with Crippen molar-refractivity contribution in [2.75, 3.05) is 20.3 Å². The van der Waals surface area contributed by atoms with E-state index in [2.05, 4.69) is 10.3 Å². The van der Waals surface area contributed by atoms with E-state index >= 15 is 0 Å². The maximum absolute atomic E-state index is 13.3. The molecule has 6 heteroatoms. The lowest BCUT2D eigenvalue weighted by Crippen LogP contribution is -2.27. The number of halogens is 1. The molecule has 0 spiro atoms. The summed E-state index contributed by atoms with van der Waals surface area (Å²) in [5.74, 6) is 0.0470. The van der Waals surface area contributed by atoms with Gasteiger partial charge in [0, 0.05) is 24.7 Å². The minimum atomic E-state index is -0.527. The molecule has 1 unspecified atom stereocenters. The van der Waals surface area contributed by atoms with Gasteiger partial charge in [0.1, 0.15) is 5.75 Å². The van der Waals surface area contributed by atoms with Gasteiger partial charge in [-0.25, -0.2) is 4.98 Å². The Morgan fingerprint density at radius 1 is 1.28 bits per heavy atom. The number of amides is 1. The Morgan fingerprint density at radius 3 is 2.72 bits per heavy atom. The van der Waals surface area contributed by atoms with Gasteiger partial charge in [-0.2, -0.15) is 0 Å². The van der Waals surface area contributed by atoms with E-state index in [-0.39, 0.29) is 18.4 Å². The van der Waals surface area contributed by atoms with Gasteiger partial charge in [0.25, 0.3) is 0 Å². The van der Waals surface area contributed by atoms with Crippen molar-refractivity contribution < 1.29 is 13.9 Å². The lowest BCUT2D eigenvalue weighted by atomic mass is 10.0. The molecule has 0 bridgehead atoms. The van der Waals surface area contributed by atoms with Crippen LogP contribution in [0.1, 0.15) is 22.7 Å². The summed E-state index contributed by atoms with van der Waals surface area (Å²) in [6, 6.07) is 15.0. The summed E-state index contributed by atoms with van der Waals surface area (Å²) in [4.78, 5) is 16.4. The van der Waals surface area contributed by atoms with Crippen LogP contribution in [0.25, 0.3) is 11.8 Å². The minimum absolute atomic E-state index is 0.242. The number of methoxy groups -OCH3 is 1. The maximum Gasteiger partial charge on any atom is 0.244 e. The number of nitrogens with zero attached hydrogens (tertiary/aromatic N) is 2. The smallest absolute Gasteiger partial charge is 0.244 e. The van der Waals surface area contributed by atoms with Crippen molar-refractivity contribution in [3.8, 4) is 11.4 Å². The average Bonchev–Trinajstić information content (AvgIpc) is 3.19. The third kappa shape index (κ3) is 5.31. The van der Waals surface area contributed by atoms with Gasteiger partial charge in [0.15, 0.2) is 0 Å². The predicted octanol–water partition coefficient (Wildman–Crippen LogP) is 4.07. The first-order valence-electron chi connectivity index (χ1n) is 9.36. The summed E-state index contributed by atoms with van der Waals surface area (Å²) in [7, 11) is 1.60. The van der Waals surface area contributed by atoms with Crippen LogP contribution in [0.4, 0.5) is 4.39 Å². The SMILES string of the molecule is COc1cc(/C=C/C(=O)NCC(CF)c2ccccc2)ccc1-n1cnc(C)c1. The molecule has 0 fully saturated rings. The Balaban J connectivity index is 1.64. The first-order valence-corrected chi connectivity index (χ1v) is 9.36. The standard InChI is InChI=1S/C23H24FN3O2/c1-17-15-27(16-26-17)21-10-8-18(12-22(21)29-2)9-11-23(28)25-14-20(13-24)19-6-4-3-5-7-19/h3-12,15-16,20H,13-14H2,1-2H3,(H,25,28)/b11-9+. The van der Waals surface area contributed by atoms with Gasteiger partial charge in [-0.1, -0.05) is 36.4 Å². The van der Waals surface area contributed by atoms with Crippen molar-refractivity contribution in [1.29, 1.82) is 0 Å². The first-order chi connectivity index (χ1) is 14.1. The zero-order valence-electron chi connectivity index (χ0n) is 16.5. The minimum Gasteiger partial charge on any atom is -0.495 e. The van der Waals surface area contributed by atoms with Crippen molar-refractivity contribution in [3.05, 3.63) is 84.0 Å². The summed E-state index contributed by atoms with van der Waals surface area (Å²) in [5, 5.41) is 2.76. The van der Waals surface area contributed by atoms with E-state index in [1.54, 1.807) is 19.5 Å². The van der Waals surface area contributed by atoms with Crippen molar-refractivity contribution in [3.63, 3.8) is 0 Å². The molecule has 0 aliphatic rings.